The summed E-state index contributed by atoms with van der Waals surface area (Å²) in [5, 5.41) is 0. The van der Waals surface area contributed by atoms with Crippen molar-refractivity contribution in [2.75, 3.05) is 26.2 Å². The van der Waals surface area contributed by atoms with E-state index in [-0.39, 0.29) is 11.7 Å². The van der Waals surface area contributed by atoms with Gasteiger partial charge in [-0.3, -0.25) is 19.5 Å². The first-order valence-electron chi connectivity index (χ1n) is 10.2. The second kappa shape index (κ2) is 8.65. The Balaban J connectivity index is 1.23. The fourth-order valence-electron chi connectivity index (χ4n) is 4.17. The van der Waals surface area contributed by atoms with E-state index in [0.717, 1.165) is 51.1 Å². The third-order valence-corrected chi connectivity index (χ3v) is 5.87. The molecule has 0 unspecified atom stereocenters. The molecule has 1 aliphatic carbocycles. The highest BCUT2D eigenvalue weighted by molar-refractivity contribution is 5.98. The molecule has 1 fully saturated rings. The third kappa shape index (κ3) is 4.47. The molecule has 0 bridgehead atoms. The highest BCUT2D eigenvalue weighted by Gasteiger charge is 2.22. The maximum absolute atomic E-state index is 12.5. The zero-order chi connectivity index (χ0) is 19.3. The summed E-state index contributed by atoms with van der Waals surface area (Å²) in [4.78, 5) is 33.3. The van der Waals surface area contributed by atoms with Crippen molar-refractivity contribution in [1.29, 1.82) is 0 Å². The second-order valence-electron chi connectivity index (χ2n) is 7.77. The topological polar surface area (TPSA) is 53.5 Å². The lowest BCUT2D eigenvalue weighted by Crippen LogP contribution is -2.48. The number of piperazine rings is 1. The van der Waals surface area contributed by atoms with Crippen LogP contribution in [0.3, 0.4) is 0 Å². The first-order chi connectivity index (χ1) is 13.7. The summed E-state index contributed by atoms with van der Waals surface area (Å²) in [6, 6.07) is 10.1. The monoisotopic (exact) mass is 377 g/mol. The molecule has 1 amide bonds. The van der Waals surface area contributed by atoms with Crippen molar-refractivity contribution in [1.82, 2.24) is 14.8 Å². The van der Waals surface area contributed by atoms with Crippen molar-refractivity contribution >= 4 is 11.7 Å². The van der Waals surface area contributed by atoms with Gasteiger partial charge in [0, 0.05) is 63.5 Å². The zero-order valence-corrected chi connectivity index (χ0v) is 16.3. The van der Waals surface area contributed by atoms with Crippen LogP contribution >= 0.6 is 0 Å². The zero-order valence-electron chi connectivity index (χ0n) is 16.3. The maximum atomic E-state index is 12.5. The molecule has 0 spiro atoms. The van der Waals surface area contributed by atoms with E-state index in [4.69, 9.17) is 0 Å². The molecule has 0 saturated carbocycles. The molecule has 1 saturated heterocycles. The largest absolute Gasteiger partial charge is 0.340 e. The van der Waals surface area contributed by atoms with Crippen LogP contribution in [0, 0.1) is 0 Å². The van der Waals surface area contributed by atoms with E-state index in [0.29, 0.717) is 12.8 Å². The van der Waals surface area contributed by atoms with Gasteiger partial charge in [-0.2, -0.15) is 0 Å². The molecular weight excluding hydrogens is 350 g/mol. The van der Waals surface area contributed by atoms with Crippen molar-refractivity contribution in [3.63, 3.8) is 0 Å². The number of nitrogens with zero attached hydrogens (tertiary/aromatic N) is 3. The van der Waals surface area contributed by atoms with Crippen LogP contribution in [0.2, 0.25) is 0 Å². The predicted octanol–water partition coefficient (Wildman–Crippen LogP) is 2.88. The van der Waals surface area contributed by atoms with Gasteiger partial charge >= 0.3 is 0 Å². The molecule has 4 rings (SSSR count). The minimum atomic E-state index is 0.0828. The van der Waals surface area contributed by atoms with E-state index >= 15 is 0 Å². The Hall–Kier alpha value is -2.53. The summed E-state index contributed by atoms with van der Waals surface area (Å²) in [5.41, 5.74) is 4.69. The van der Waals surface area contributed by atoms with Crippen LogP contribution in [0.1, 0.15) is 46.3 Å². The summed E-state index contributed by atoms with van der Waals surface area (Å²) in [7, 11) is 0. The van der Waals surface area contributed by atoms with Gasteiger partial charge in [-0.25, -0.2) is 0 Å². The van der Waals surface area contributed by atoms with Gasteiger partial charge in [0.2, 0.25) is 5.91 Å². The smallest absolute Gasteiger partial charge is 0.223 e. The number of Topliss-reactive ketones (excluding diaryl/α,β-unsaturated/α-hetero) is 1. The first kappa shape index (κ1) is 18.8. The van der Waals surface area contributed by atoms with Gasteiger partial charge in [-0.1, -0.05) is 12.1 Å². The number of amides is 1. The fourth-order valence-corrected chi connectivity index (χ4v) is 4.17. The number of aromatic nitrogens is 1. The van der Waals surface area contributed by atoms with Crippen molar-refractivity contribution in [2.24, 2.45) is 0 Å². The van der Waals surface area contributed by atoms with Crippen molar-refractivity contribution in [3.8, 4) is 0 Å². The third-order valence-electron chi connectivity index (χ3n) is 5.87. The average molecular weight is 377 g/mol. The van der Waals surface area contributed by atoms with Crippen LogP contribution in [0.15, 0.2) is 42.7 Å². The van der Waals surface area contributed by atoms with E-state index in [2.05, 4.69) is 16.0 Å². The average Bonchev–Trinajstić information content (AvgIpc) is 3.21. The van der Waals surface area contributed by atoms with E-state index in [1.165, 1.54) is 23.1 Å². The predicted molar refractivity (Wildman–Crippen MR) is 108 cm³/mol. The van der Waals surface area contributed by atoms with Gasteiger partial charge in [0.1, 0.15) is 0 Å². The first-order valence-corrected chi connectivity index (χ1v) is 10.2. The van der Waals surface area contributed by atoms with Crippen LogP contribution in [-0.4, -0.2) is 52.7 Å². The molecule has 0 radical (unpaired) electrons. The number of hydrogen-bond acceptors (Lipinski definition) is 4. The number of aryl methyl sites for hydroxylation is 2. The van der Waals surface area contributed by atoms with Crippen LogP contribution in [0.4, 0.5) is 0 Å². The van der Waals surface area contributed by atoms with Crippen LogP contribution in [-0.2, 0) is 24.2 Å². The molecule has 5 nitrogen and oxygen atoms in total. The lowest BCUT2D eigenvalue weighted by atomic mass is 10.0. The molecule has 5 heteroatoms. The van der Waals surface area contributed by atoms with Crippen LogP contribution in [0.25, 0.3) is 0 Å². The van der Waals surface area contributed by atoms with Gasteiger partial charge in [-0.05, 0) is 54.2 Å². The lowest BCUT2D eigenvalue weighted by Gasteiger charge is -2.34. The number of hydrogen-bond donors (Lipinski definition) is 0. The minimum absolute atomic E-state index is 0.0828. The molecule has 146 valence electrons. The van der Waals surface area contributed by atoms with E-state index in [1.807, 2.05) is 41.6 Å². The normalized spacial score (nSPS) is 16.8. The summed E-state index contributed by atoms with van der Waals surface area (Å²) in [6.45, 7) is 4.09. The number of carbonyl (C=O) groups excluding carboxylic acids is 2. The molecule has 1 aliphatic heterocycles. The summed E-state index contributed by atoms with van der Waals surface area (Å²) < 4.78 is 0. The highest BCUT2D eigenvalue weighted by Crippen LogP contribution is 2.23. The highest BCUT2D eigenvalue weighted by atomic mass is 16.2. The molecular formula is C23H27N3O2. The van der Waals surface area contributed by atoms with E-state index < -0.39 is 0 Å². The van der Waals surface area contributed by atoms with Gasteiger partial charge in [0.25, 0.3) is 0 Å². The second-order valence-corrected chi connectivity index (χ2v) is 7.77. The van der Waals surface area contributed by atoms with E-state index in [1.54, 1.807) is 0 Å². The molecule has 2 aromatic rings. The number of ketones is 1. The van der Waals surface area contributed by atoms with Crippen molar-refractivity contribution < 1.29 is 9.59 Å². The van der Waals surface area contributed by atoms with Gasteiger partial charge < -0.3 is 4.90 Å². The number of carbonyl (C=O) groups is 2. The Labute approximate surface area is 166 Å². The molecule has 2 heterocycles. The summed E-state index contributed by atoms with van der Waals surface area (Å²) in [6.07, 6.45) is 7.60. The van der Waals surface area contributed by atoms with E-state index in [9.17, 15) is 9.59 Å². The summed E-state index contributed by atoms with van der Waals surface area (Å²) in [5.74, 6) is 0.178. The minimum Gasteiger partial charge on any atom is -0.340 e. The van der Waals surface area contributed by atoms with Crippen molar-refractivity contribution in [3.05, 3.63) is 65.0 Å². The Morgan fingerprint density at radius 1 is 0.893 bits per heavy atom. The maximum Gasteiger partial charge on any atom is 0.223 e. The molecule has 0 atom stereocenters. The van der Waals surface area contributed by atoms with Gasteiger partial charge in [-0.15, -0.1) is 0 Å². The molecule has 1 aromatic carbocycles. The number of fused-ring (bicyclic) bond motifs is 1. The Morgan fingerprint density at radius 3 is 2.43 bits per heavy atom. The van der Waals surface area contributed by atoms with Crippen molar-refractivity contribution in [2.45, 2.75) is 38.6 Å². The molecule has 28 heavy (non-hydrogen) atoms. The van der Waals surface area contributed by atoms with Crippen LogP contribution in [0.5, 0.6) is 0 Å². The lowest BCUT2D eigenvalue weighted by molar-refractivity contribution is -0.132. The van der Waals surface area contributed by atoms with Gasteiger partial charge in [0.15, 0.2) is 5.78 Å². The standard InChI is InChI=1S/C23H27N3O2/c27-22(21-5-4-19-2-1-3-20(19)16-21)6-7-23(28)26-14-12-25(13-15-26)17-18-8-10-24-11-9-18/h4-5,8-11,16H,1-3,6-7,12-15,17H2. The number of benzene rings is 1. The Kier molecular flexibility index (Phi) is 5.81. The number of rotatable bonds is 6. The quantitative estimate of drug-likeness (QED) is 0.727. The fraction of sp³-hybridized carbons (Fsp3) is 0.435. The SMILES string of the molecule is O=C(CCC(=O)N1CCN(Cc2ccncc2)CC1)c1ccc2c(c1)CCC2. The molecule has 2 aliphatic rings. The Bertz CT molecular complexity index is 842. The summed E-state index contributed by atoms with van der Waals surface area (Å²) >= 11 is 0. The number of pyridine rings is 1. The molecule has 1 aromatic heterocycles. The van der Waals surface area contributed by atoms with Gasteiger partial charge in [0.05, 0.1) is 0 Å². The Morgan fingerprint density at radius 2 is 1.64 bits per heavy atom. The molecule has 0 N–H and O–H groups in total. The van der Waals surface area contributed by atoms with Crippen LogP contribution < -0.4 is 0 Å².